The number of nitrogens with zero attached hydrogens (tertiary/aromatic N) is 1. The largest absolute Gasteiger partial charge is 0.507 e. The van der Waals surface area contributed by atoms with Crippen LogP contribution in [-0.2, 0) is 9.59 Å². The first kappa shape index (κ1) is 19.9. The average Bonchev–Trinajstić information content (AvgIpc) is 3.00. The number of carbonyl (C=O) groups excluding carboxylic acids is 2. The molecule has 0 radical (unpaired) electrons. The summed E-state index contributed by atoms with van der Waals surface area (Å²) in [6.45, 7) is 4.68. The van der Waals surface area contributed by atoms with Gasteiger partial charge in [0, 0.05) is 12.1 Å². The van der Waals surface area contributed by atoms with Gasteiger partial charge >= 0.3 is 0 Å². The van der Waals surface area contributed by atoms with E-state index in [0.29, 0.717) is 48.8 Å². The Labute approximate surface area is 173 Å². The van der Waals surface area contributed by atoms with Gasteiger partial charge in [-0.1, -0.05) is 13.0 Å². The zero-order valence-electron chi connectivity index (χ0n) is 16.8. The summed E-state index contributed by atoms with van der Waals surface area (Å²) in [7, 11) is 0. The molecule has 1 atom stereocenters. The lowest BCUT2D eigenvalue weighted by Gasteiger charge is -2.26. The van der Waals surface area contributed by atoms with Crippen LogP contribution in [0.5, 0.6) is 11.5 Å². The van der Waals surface area contributed by atoms with Crippen molar-refractivity contribution >= 4 is 17.4 Å². The molecule has 4 rings (SSSR count). The molecule has 2 aromatic carbocycles. The number of Topliss-reactive ketones (excluding diaryl/α,β-unsaturated/α-hetero) is 1. The van der Waals surface area contributed by atoms with Crippen molar-refractivity contribution in [1.29, 1.82) is 0 Å². The molecule has 2 heterocycles. The van der Waals surface area contributed by atoms with Crippen molar-refractivity contribution in [2.24, 2.45) is 0 Å². The molecule has 1 fully saturated rings. The number of aryl methyl sites for hydroxylation is 1. The van der Waals surface area contributed by atoms with Crippen LogP contribution in [0.4, 0.5) is 4.39 Å². The van der Waals surface area contributed by atoms with Gasteiger partial charge in [0.05, 0.1) is 11.6 Å². The molecule has 2 aromatic rings. The van der Waals surface area contributed by atoms with Crippen molar-refractivity contribution in [2.45, 2.75) is 26.3 Å². The molecular formula is C23H22FNO5. The second-order valence-corrected chi connectivity index (χ2v) is 7.36. The highest BCUT2D eigenvalue weighted by Gasteiger charge is 2.46. The smallest absolute Gasteiger partial charge is 0.295 e. The van der Waals surface area contributed by atoms with Crippen LogP contribution in [0.25, 0.3) is 5.76 Å². The molecule has 2 aliphatic heterocycles. The van der Waals surface area contributed by atoms with Crippen molar-refractivity contribution in [3.63, 3.8) is 0 Å². The normalized spacial score (nSPS) is 20.0. The Bertz CT molecular complexity index is 1060. The molecule has 0 aromatic heterocycles. The van der Waals surface area contributed by atoms with Crippen LogP contribution >= 0.6 is 0 Å². The van der Waals surface area contributed by atoms with Crippen LogP contribution in [0.2, 0.25) is 0 Å². The first-order valence-electron chi connectivity index (χ1n) is 9.86. The number of aliphatic hydroxyl groups is 1. The van der Waals surface area contributed by atoms with Crippen molar-refractivity contribution in [1.82, 2.24) is 4.90 Å². The van der Waals surface area contributed by atoms with Crippen LogP contribution in [0.15, 0.2) is 42.0 Å². The predicted octanol–water partition coefficient (Wildman–Crippen LogP) is 3.74. The Hall–Kier alpha value is -3.35. The second-order valence-electron chi connectivity index (χ2n) is 7.36. The van der Waals surface area contributed by atoms with Crippen molar-refractivity contribution in [3.8, 4) is 11.5 Å². The fourth-order valence-electron chi connectivity index (χ4n) is 3.88. The third kappa shape index (κ3) is 3.30. The van der Waals surface area contributed by atoms with E-state index in [1.807, 2.05) is 6.92 Å². The van der Waals surface area contributed by atoms with Crippen LogP contribution in [-0.4, -0.2) is 41.5 Å². The zero-order chi connectivity index (χ0) is 21.4. The summed E-state index contributed by atoms with van der Waals surface area (Å²) in [5.74, 6) is -1.05. The standard InChI is InChI=1S/C23H22FNO5/c1-3-8-25-20(14-5-7-17-18(12-14)30-10-9-29-17)19(22(27)23(25)28)21(26)15-4-6-16(24)13(2)11-15/h4-7,11-12,20,26H,3,8-10H2,1-2H3/b21-19-. The molecular weight excluding hydrogens is 389 g/mol. The minimum absolute atomic E-state index is 0.0175. The summed E-state index contributed by atoms with van der Waals surface area (Å²) < 4.78 is 24.9. The third-order valence-corrected chi connectivity index (χ3v) is 5.32. The lowest BCUT2D eigenvalue weighted by molar-refractivity contribution is -0.139. The van der Waals surface area contributed by atoms with Crippen LogP contribution in [0, 0.1) is 12.7 Å². The SMILES string of the molecule is CCCN1C(=O)C(=O)/C(=C(\O)c2ccc(F)c(C)c2)C1c1ccc2c(c1)OCCO2. The highest BCUT2D eigenvalue weighted by atomic mass is 19.1. The van der Waals surface area contributed by atoms with E-state index < -0.39 is 23.5 Å². The van der Waals surface area contributed by atoms with E-state index in [4.69, 9.17) is 9.47 Å². The second kappa shape index (κ2) is 7.82. The van der Waals surface area contributed by atoms with Gasteiger partial charge in [0.15, 0.2) is 11.5 Å². The van der Waals surface area contributed by atoms with Gasteiger partial charge in [0.1, 0.15) is 24.8 Å². The van der Waals surface area contributed by atoms with E-state index in [9.17, 15) is 19.1 Å². The topological polar surface area (TPSA) is 76.1 Å². The third-order valence-electron chi connectivity index (χ3n) is 5.32. The minimum atomic E-state index is -0.772. The Morgan fingerprint density at radius 1 is 1.13 bits per heavy atom. The zero-order valence-corrected chi connectivity index (χ0v) is 16.8. The van der Waals surface area contributed by atoms with Gasteiger partial charge in [-0.3, -0.25) is 9.59 Å². The number of fused-ring (bicyclic) bond motifs is 1. The van der Waals surface area contributed by atoms with E-state index in [-0.39, 0.29) is 16.9 Å². The maximum atomic E-state index is 13.7. The first-order chi connectivity index (χ1) is 14.4. The number of ketones is 1. The number of carbonyl (C=O) groups is 2. The molecule has 2 aliphatic rings. The van der Waals surface area contributed by atoms with Gasteiger partial charge in [-0.05, 0) is 54.8 Å². The lowest BCUT2D eigenvalue weighted by Crippen LogP contribution is -2.30. The summed E-state index contributed by atoms with van der Waals surface area (Å²) in [6.07, 6.45) is 0.643. The van der Waals surface area contributed by atoms with Gasteiger partial charge in [-0.25, -0.2) is 4.39 Å². The fourth-order valence-corrected chi connectivity index (χ4v) is 3.88. The quantitative estimate of drug-likeness (QED) is 0.471. The molecule has 0 aliphatic carbocycles. The molecule has 7 heteroatoms. The molecule has 0 spiro atoms. The maximum Gasteiger partial charge on any atom is 0.295 e. The van der Waals surface area contributed by atoms with Gasteiger partial charge in [-0.2, -0.15) is 0 Å². The van der Waals surface area contributed by atoms with Crippen LogP contribution in [0.1, 0.15) is 36.1 Å². The Morgan fingerprint density at radius 2 is 1.87 bits per heavy atom. The van der Waals surface area contributed by atoms with E-state index in [1.54, 1.807) is 25.1 Å². The molecule has 6 nitrogen and oxygen atoms in total. The van der Waals surface area contributed by atoms with E-state index >= 15 is 0 Å². The summed E-state index contributed by atoms with van der Waals surface area (Å²) in [5.41, 5.74) is 1.23. The number of amides is 1. The van der Waals surface area contributed by atoms with Gasteiger partial charge in [0.25, 0.3) is 11.7 Å². The molecule has 0 bridgehead atoms. The highest BCUT2D eigenvalue weighted by Crippen LogP contribution is 2.42. The number of hydrogen-bond acceptors (Lipinski definition) is 5. The van der Waals surface area contributed by atoms with Crippen LogP contribution < -0.4 is 9.47 Å². The fraction of sp³-hybridized carbons (Fsp3) is 0.304. The maximum absolute atomic E-state index is 13.7. The van der Waals surface area contributed by atoms with Crippen LogP contribution in [0.3, 0.4) is 0 Å². The monoisotopic (exact) mass is 411 g/mol. The number of benzene rings is 2. The molecule has 30 heavy (non-hydrogen) atoms. The van der Waals surface area contributed by atoms with Crippen molar-refractivity contribution in [3.05, 3.63) is 64.5 Å². The van der Waals surface area contributed by atoms with E-state index in [0.717, 1.165) is 0 Å². The predicted molar refractivity (Wildman–Crippen MR) is 108 cm³/mol. The molecule has 1 amide bonds. The Kier molecular flexibility index (Phi) is 5.20. The van der Waals surface area contributed by atoms with Gasteiger partial charge in [0.2, 0.25) is 0 Å². The number of aliphatic hydroxyl groups excluding tert-OH is 1. The first-order valence-corrected chi connectivity index (χ1v) is 9.86. The van der Waals surface area contributed by atoms with Gasteiger partial charge in [-0.15, -0.1) is 0 Å². The summed E-state index contributed by atoms with van der Waals surface area (Å²) in [4.78, 5) is 27.1. The number of likely N-dealkylation sites (tertiary alicyclic amines) is 1. The molecule has 1 N–H and O–H groups in total. The minimum Gasteiger partial charge on any atom is -0.507 e. The number of hydrogen-bond donors (Lipinski definition) is 1. The highest BCUT2D eigenvalue weighted by molar-refractivity contribution is 6.46. The summed E-state index contributed by atoms with van der Waals surface area (Å²) in [6, 6.07) is 8.53. The molecule has 156 valence electrons. The lowest BCUT2D eigenvalue weighted by atomic mass is 9.94. The molecule has 1 saturated heterocycles. The van der Waals surface area contributed by atoms with Gasteiger partial charge < -0.3 is 19.5 Å². The van der Waals surface area contributed by atoms with Crippen molar-refractivity contribution in [2.75, 3.05) is 19.8 Å². The summed E-state index contributed by atoms with van der Waals surface area (Å²) in [5, 5.41) is 11.0. The molecule has 1 unspecified atom stereocenters. The average molecular weight is 411 g/mol. The Balaban J connectivity index is 1.87. The van der Waals surface area contributed by atoms with E-state index in [1.165, 1.54) is 23.1 Å². The number of rotatable bonds is 4. The summed E-state index contributed by atoms with van der Waals surface area (Å²) >= 11 is 0. The number of ether oxygens (including phenoxy) is 2. The van der Waals surface area contributed by atoms with Crippen molar-refractivity contribution < 1.29 is 28.6 Å². The van der Waals surface area contributed by atoms with E-state index in [2.05, 4.69) is 0 Å². The number of halogens is 1. The Morgan fingerprint density at radius 3 is 2.57 bits per heavy atom. The molecule has 0 saturated carbocycles.